The van der Waals surface area contributed by atoms with E-state index in [4.69, 9.17) is 23.7 Å². The zero-order chi connectivity index (χ0) is 51.8. The number of allylic oxidation sites excluding steroid dienone is 4. The summed E-state index contributed by atoms with van der Waals surface area (Å²) in [5.41, 5.74) is 0. The third kappa shape index (κ3) is 38.4. The molecular weight excluding hydrogens is 901 g/mol. The summed E-state index contributed by atoms with van der Waals surface area (Å²) in [6.45, 7) is 5.92. The maximum Gasteiger partial charge on any atom is 0.335 e. The summed E-state index contributed by atoms with van der Waals surface area (Å²) >= 11 is 0. The number of unbranched alkanes of at least 4 members (excludes halogenated alkanes) is 32. The molecular formula is C59H106O12. The molecule has 1 rings (SSSR count). The Hall–Kier alpha value is -2.80. The highest BCUT2D eigenvalue weighted by atomic mass is 16.7. The second-order valence-corrected chi connectivity index (χ2v) is 20.3. The molecule has 0 aromatic rings. The van der Waals surface area contributed by atoms with Crippen molar-refractivity contribution in [1.29, 1.82) is 0 Å². The second-order valence-electron chi connectivity index (χ2n) is 20.3. The average molecular weight is 1010 g/mol. The fourth-order valence-corrected chi connectivity index (χ4v) is 8.92. The maximum absolute atomic E-state index is 13.1. The van der Waals surface area contributed by atoms with E-state index in [0.29, 0.717) is 19.3 Å². The molecule has 1 saturated heterocycles. The van der Waals surface area contributed by atoms with Gasteiger partial charge in [-0.2, -0.15) is 0 Å². The topological polar surface area (TPSA) is 175 Å². The number of carbonyl (C=O) groups is 4. The van der Waals surface area contributed by atoms with E-state index in [-0.39, 0.29) is 25.9 Å². The molecule has 0 spiro atoms. The number of aliphatic hydroxyl groups excluding tert-OH is 2. The number of ether oxygens (including phenoxy) is 5. The van der Waals surface area contributed by atoms with Gasteiger partial charge in [0.15, 0.2) is 24.6 Å². The van der Waals surface area contributed by atoms with Crippen LogP contribution in [-0.2, 0) is 42.9 Å². The minimum absolute atomic E-state index is 0.0527. The molecule has 0 bridgehead atoms. The van der Waals surface area contributed by atoms with Crippen LogP contribution >= 0.6 is 0 Å². The van der Waals surface area contributed by atoms with Crippen molar-refractivity contribution in [2.75, 3.05) is 13.2 Å². The minimum Gasteiger partial charge on any atom is -0.479 e. The summed E-state index contributed by atoms with van der Waals surface area (Å²) < 4.78 is 28.4. The molecule has 1 fully saturated rings. The van der Waals surface area contributed by atoms with Gasteiger partial charge >= 0.3 is 23.9 Å². The third-order valence-corrected chi connectivity index (χ3v) is 13.5. The van der Waals surface area contributed by atoms with E-state index in [2.05, 4.69) is 45.1 Å². The van der Waals surface area contributed by atoms with Crippen molar-refractivity contribution in [3.8, 4) is 0 Å². The van der Waals surface area contributed by atoms with Crippen molar-refractivity contribution in [2.45, 2.75) is 314 Å². The molecule has 3 N–H and O–H groups in total. The predicted octanol–water partition coefficient (Wildman–Crippen LogP) is 14.7. The quantitative estimate of drug-likeness (QED) is 0.0228. The molecule has 71 heavy (non-hydrogen) atoms. The van der Waals surface area contributed by atoms with Gasteiger partial charge in [-0.1, -0.05) is 225 Å². The van der Waals surface area contributed by atoms with Crippen LogP contribution in [0.25, 0.3) is 0 Å². The van der Waals surface area contributed by atoms with Gasteiger partial charge in [0.05, 0.1) is 6.61 Å². The van der Waals surface area contributed by atoms with E-state index in [1.165, 1.54) is 122 Å². The summed E-state index contributed by atoms with van der Waals surface area (Å²) in [7, 11) is 0. The van der Waals surface area contributed by atoms with Gasteiger partial charge in [0.25, 0.3) is 0 Å². The Bertz CT molecular complexity index is 1340. The first-order valence-corrected chi connectivity index (χ1v) is 29.3. The van der Waals surface area contributed by atoms with E-state index < -0.39 is 67.3 Å². The lowest BCUT2D eigenvalue weighted by molar-refractivity contribution is -0.301. The summed E-state index contributed by atoms with van der Waals surface area (Å²) in [5.74, 6) is -3.12. The molecule has 1 aliphatic heterocycles. The lowest BCUT2D eigenvalue weighted by Gasteiger charge is -2.40. The van der Waals surface area contributed by atoms with E-state index in [9.17, 15) is 34.5 Å². The van der Waals surface area contributed by atoms with Crippen LogP contribution < -0.4 is 0 Å². The van der Waals surface area contributed by atoms with Crippen LogP contribution in [0, 0.1) is 0 Å². The Balaban J connectivity index is 2.63. The summed E-state index contributed by atoms with van der Waals surface area (Å²) in [6, 6.07) is 0. The molecule has 6 unspecified atom stereocenters. The van der Waals surface area contributed by atoms with E-state index >= 15 is 0 Å². The SMILES string of the molecule is CCCC/C=C\CCCCCCCC(=O)OC(COC(=O)CCCCCCCCCCCCCCCCCCCCC)COC1OC(C(=O)O)C(O)C(O)C1OC(=O)CCCCCCC/C=C\CCCC. The summed E-state index contributed by atoms with van der Waals surface area (Å²) in [6.07, 6.45) is 41.7. The van der Waals surface area contributed by atoms with Crippen molar-refractivity contribution >= 4 is 23.9 Å². The number of carboxylic acids is 1. The van der Waals surface area contributed by atoms with Gasteiger partial charge in [-0.25, -0.2) is 4.79 Å². The van der Waals surface area contributed by atoms with Crippen molar-refractivity contribution in [3.63, 3.8) is 0 Å². The number of hydrogen-bond acceptors (Lipinski definition) is 11. The van der Waals surface area contributed by atoms with Crippen molar-refractivity contribution in [1.82, 2.24) is 0 Å². The van der Waals surface area contributed by atoms with Gasteiger partial charge in [-0.3, -0.25) is 14.4 Å². The standard InChI is InChI=1S/C59H106O12/c1-4-7-10-13-16-19-22-23-24-25-26-27-28-29-32-33-36-39-42-45-51(60)67-48-50(69-52(61)46-43-40-37-34-30-20-17-14-11-8-5-2)49-68-59-57(55(64)54(63)56(71-59)58(65)66)70-53(62)47-44-41-38-35-31-21-18-15-12-9-6-3/h14-15,17-18,50,54-57,59,63-64H,4-13,16,19-49H2,1-3H3,(H,65,66)/b17-14-,18-15-. The van der Waals surface area contributed by atoms with Crippen LogP contribution in [0.15, 0.2) is 24.3 Å². The highest BCUT2D eigenvalue weighted by Crippen LogP contribution is 2.26. The first-order chi connectivity index (χ1) is 34.6. The lowest BCUT2D eigenvalue weighted by Crippen LogP contribution is -2.61. The Labute approximate surface area is 432 Å². The van der Waals surface area contributed by atoms with Crippen LogP contribution in [0.2, 0.25) is 0 Å². The Morgan fingerprint density at radius 1 is 0.451 bits per heavy atom. The fourth-order valence-electron chi connectivity index (χ4n) is 8.92. The first-order valence-electron chi connectivity index (χ1n) is 29.3. The summed E-state index contributed by atoms with van der Waals surface area (Å²) in [5, 5.41) is 31.4. The number of hydrogen-bond donors (Lipinski definition) is 3. The van der Waals surface area contributed by atoms with Crippen molar-refractivity contribution in [2.24, 2.45) is 0 Å². The Kier molecular flexibility index (Phi) is 44.9. The predicted molar refractivity (Wildman–Crippen MR) is 285 cm³/mol. The van der Waals surface area contributed by atoms with Crippen molar-refractivity contribution in [3.05, 3.63) is 24.3 Å². The number of carboxylic acid groups (broad SMARTS) is 1. The van der Waals surface area contributed by atoms with Gasteiger partial charge in [0.1, 0.15) is 18.8 Å². The maximum atomic E-state index is 13.1. The lowest BCUT2D eigenvalue weighted by atomic mass is 9.98. The van der Waals surface area contributed by atoms with E-state index in [0.717, 1.165) is 96.3 Å². The molecule has 0 amide bonds. The third-order valence-electron chi connectivity index (χ3n) is 13.5. The smallest absolute Gasteiger partial charge is 0.335 e. The van der Waals surface area contributed by atoms with Gasteiger partial charge in [-0.05, 0) is 57.8 Å². The highest BCUT2D eigenvalue weighted by molar-refractivity contribution is 5.74. The Morgan fingerprint density at radius 3 is 1.24 bits per heavy atom. The molecule has 1 heterocycles. The monoisotopic (exact) mass is 1010 g/mol. The molecule has 0 radical (unpaired) electrons. The number of rotatable bonds is 50. The number of esters is 3. The molecule has 0 aromatic heterocycles. The van der Waals surface area contributed by atoms with E-state index in [1.807, 2.05) is 0 Å². The molecule has 0 aromatic carbocycles. The molecule has 1 aliphatic rings. The van der Waals surface area contributed by atoms with Gasteiger partial charge in [-0.15, -0.1) is 0 Å². The fraction of sp³-hybridized carbons (Fsp3) is 0.864. The van der Waals surface area contributed by atoms with Crippen LogP contribution in [-0.4, -0.2) is 89.2 Å². The second kappa shape index (κ2) is 48.2. The zero-order valence-corrected chi connectivity index (χ0v) is 45.5. The molecule has 6 atom stereocenters. The number of aliphatic hydroxyl groups is 2. The van der Waals surface area contributed by atoms with Gasteiger partial charge < -0.3 is 39.0 Å². The molecule has 12 heteroatoms. The van der Waals surface area contributed by atoms with Gasteiger partial charge in [0.2, 0.25) is 0 Å². The van der Waals surface area contributed by atoms with Crippen LogP contribution in [0.1, 0.15) is 278 Å². The summed E-state index contributed by atoms with van der Waals surface area (Å²) in [4.78, 5) is 50.9. The zero-order valence-electron chi connectivity index (χ0n) is 45.5. The first kappa shape index (κ1) is 66.2. The molecule has 0 aliphatic carbocycles. The van der Waals surface area contributed by atoms with Crippen LogP contribution in [0.4, 0.5) is 0 Å². The molecule has 12 nitrogen and oxygen atoms in total. The van der Waals surface area contributed by atoms with E-state index in [1.54, 1.807) is 0 Å². The average Bonchev–Trinajstić information content (AvgIpc) is 3.35. The molecule has 414 valence electrons. The van der Waals surface area contributed by atoms with Crippen LogP contribution in [0.5, 0.6) is 0 Å². The Morgan fingerprint density at radius 2 is 0.817 bits per heavy atom. The van der Waals surface area contributed by atoms with Crippen molar-refractivity contribution < 1.29 is 58.2 Å². The number of carbonyl (C=O) groups excluding carboxylic acids is 3. The minimum atomic E-state index is -1.90. The van der Waals surface area contributed by atoms with Gasteiger partial charge in [0, 0.05) is 19.3 Å². The van der Waals surface area contributed by atoms with Crippen LogP contribution in [0.3, 0.4) is 0 Å². The highest BCUT2D eigenvalue weighted by Gasteiger charge is 2.50. The largest absolute Gasteiger partial charge is 0.479 e. The normalized spacial score (nSPS) is 18.6. The number of aliphatic carboxylic acids is 1. The molecule has 0 saturated carbocycles.